The molecule has 2 nitrogen and oxygen atoms in total. The Morgan fingerprint density at radius 1 is 0.800 bits per heavy atom. The van der Waals surface area contributed by atoms with Gasteiger partial charge in [0.25, 0.3) is 0 Å². The van der Waals surface area contributed by atoms with Gasteiger partial charge in [-0.3, -0.25) is 13.6 Å². The van der Waals surface area contributed by atoms with E-state index in [1.54, 1.807) is 0 Å². The van der Waals surface area contributed by atoms with E-state index in [2.05, 4.69) is 13.6 Å². The molecule has 0 spiro atoms. The fourth-order valence-electron chi connectivity index (χ4n) is 0. The monoisotopic (exact) mass is 82.0 g/mol. The molecular weight excluding hydrogens is 80.3 g/mol. The maximum atomic E-state index is 7.75. The van der Waals surface area contributed by atoms with E-state index in [9.17, 15) is 0 Å². The topological polar surface area (TPSA) is 34.1 Å². The van der Waals surface area contributed by atoms with Gasteiger partial charge in [0.1, 0.15) is 0 Å². The van der Waals surface area contributed by atoms with Crippen molar-refractivity contribution < 1.29 is 9.59 Å². The van der Waals surface area contributed by atoms with Crippen molar-refractivity contribution in [2.75, 3.05) is 0 Å². The van der Waals surface area contributed by atoms with Gasteiger partial charge in [-0.1, -0.05) is 0 Å². The summed E-state index contributed by atoms with van der Waals surface area (Å²) in [5, 5.41) is 0. The first-order valence-electron chi connectivity index (χ1n) is 0.471. The van der Waals surface area contributed by atoms with E-state index in [1.807, 2.05) is 0 Å². The van der Waals surface area contributed by atoms with E-state index in [4.69, 9.17) is 9.59 Å². The minimum absolute atomic E-state index is 0. The van der Waals surface area contributed by atoms with Gasteiger partial charge in [-0.05, 0) is 0 Å². The summed E-state index contributed by atoms with van der Waals surface area (Å²) < 4.78 is 0. The molecule has 0 saturated carbocycles. The minimum Gasteiger partial charge on any atom is -0.545 e. The van der Waals surface area contributed by atoms with Crippen LogP contribution in [0.15, 0.2) is 0 Å². The van der Waals surface area contributed by atoms with Crippen LogP contribution in [0.4, 0.5) is 0 Å². The van der Waals surface area contributed by atoms with E-state index in [1.165, 1.54) is 0 Å². The number of hydrogen-bond donors (Lipinski definition) is 0. The average Bonchev–Trinajstić information content (AvgIpc) is 1.50. The molecule has 24 valence electrons. The third kappa shape index (κ3) is 1610. The standard InChI is InChI=1S/2CHO.Mg/c2*1-2;/h2*1H;/q2*-1;+2. The van der Waals surface area contributed by atoms with Crippen molar-refractivity contribution in [3.05, 3.63) is 0 Å². The van der Waals surface area contributed by atoms with Gasteiger partial charge in [-0.15, -0.1) is 0 Å². The molecule has 0 radical (unpaired) electrons. The van der Waals surface area contributed by atoms with Gasteiger partial charge in [0.2, 0.25) is 0 Å². The first-order chi connectivity index (χ1) is 2.00. The summed E-state index contributed by atoms with van der Waals surface area (Å²) in [5.41, 5.74) is 0. The summed E-state index contributed by atoms with van der Waals surface area (Å²) in [7, 11) is 0. The van der Waals surface area contributed by atoms with Gasteiger partial charge in [0, 0.05) is 0 Å². The zero-order chi connectivity index (χ0) is 4.00. The quantitative estimate of drug-likeness (QED) is 0.215. The molecule has 0 aromatic heterocycles. The van der Waals surface area contributed by atoms with Crippen molar-refractivity contribution in [2.24, 2.45) is 0 Å². The maximum Gasteiger partial charge on any atom is 2.00 e. The second-order valence-electron chi connectivity index (χ2n) is 0. The smallest absolute Gasteiger partial charge is 0.545 e. The largest absolute Gasteiger partial charge is 2.00 e. The Labute approximate surface area is 46.7 Å². The fraction of sp³-hybridized carbons (Fsp3) is 0. The van der Waals surface area contributed by atoms with Crippen molar-refractivity contribution in [2.45, 2.75) is 0 Å². The van der Waals surface area contributed by atoms with Crippen LogP contribution < -0.4 is 0 Å². The molecule has 3 heteroatoms. The van der Waals surface area contributed by atoms with Crippen LogP contribution in [0.3, 0.4) is 0 Å². The molecule has 0 saturated heterocycles. The Bertz CT molecular complexity index is 9.61. The second-order valence-corrected chi connectivity index (χ2v) is 0. The van der Waals surface area contributed by atoms with Gasteiger partial charge in [-0.25, -0.2) is 0 Å². The Hall–Kier alpha value is 0.106. The SMILES string of the molecule is [CH-]=O.[CH-]=O.[Mg+2]. The van der Waals surface area contributed by atoms with Crippen LogP contribution in [0.1, 0.15) is 0 Å². The Balaban J connectivity index is -0.0000000133. The predicted octanol–water partition coefficient (Wildman–Crippen LogP) is -0.929. The molecule has 0 fully saturated rings. The van der Waals surface area contributed by atoms with E-state index >= 15 is 0 Å². The third-order valence-electron chi connectivity index (χ3n) is 0. The number of carbonyl (C=O) groups excluding carboxylic acids is 2. The summed E-state index contributed by atoms with van der Waals surface area (Å²) in [6.07, 6.45) is 0. The van der Waals surface area contributed by atoms with E-state index in [0.29, 0.717) is 0 Å². The van der Waals surface area contributed by atoms with Crippen molar-refractivity contribution in [1.82, 2.24) is 0 Å². The molecule has 5 heavy (non-hydrogen) atoms. The van der Waals surface area contributed by atoms with Crippen molar-refractivity contribution >= 4 is 36.6 Å². The molecule has 0 amide bonds. The molecule has 0 aromatic rings. The van der Waals surface area contributed by atoms with Gasteiger partial charge < -0.3 is 9.59 Å². The third-order valence-corrected chi connectivity index (χ3v) is 0. The van der Waals surface area contributed by atoms with E-state index in [0.717, 1.165) is 0 Å². The maximum absolute atomic E-state index is 7.75. The summed E-state index contributed by atoms with van der Waals surface area (Å²) in [6, 6.07) is 0. The number of hydrogen-bond acceptors (Lipinski definition) is 2. The van der Waals surface area contributed by atoms with Crippen LogP contribution in [-0.2, 0) is 9.59 Å². The van der Waals surface area contributed by atoms with E-state index < -0.39 is 0 Å². The summed E-state index contributed by atoms with van der Waals surface area (Å²) >= 11 is 0. The van der Waals surface area contributed by atoms with Crippen LogP contribution in [0.25, 0.3) is 0 Å². The molecule has 0 bridgehead atoms. The second kappa shape index (κ2) is 3510. The Morgan fingerprint density at radius 3 is 0.800 bits per heavy atom. The zero-order valence-corrected chi connectivity index (χ0v) is 4.09. The summed E-state index contributed by atoms with van der Waals surface area (Å²) in [5.74, 6) is 0. The molecule has 0 unspecified atom stereocenters. The zero-order valence-electron chi connectivity index (χ0n) is 2.68. The molecule has 0 aliphatic carbocycles. The summed E-state index contributed by atoms with van der Waals surface area (Å²) in [6.45, 7) is 6.50. The van der Waals surface area contributed by atoms with Gasteiger partial charge in [0.15, 0.2) is 0 Å². The van der Waals surface area contributed by atoms with Crippen molar-refractivity contribution in [3.8, 4) is 0 Å². The Kier molecular flexibility index (Phi) is 13600. The van der Waals surface area contributed by atoms with E-state index in [-0.39, 0.29) is 23.1 Å². The first kappa shape index (κ1) is 19.4. The van der Waals surface area contributed by atoms with Gasteiger partial charge in [0.05, 0.1) is 0 Å². The number of rotatable bonds is 0. The molecule has 0 aromatic carbocycles. The molecule has 0 aliphatic heterocycles. The van der Waals surface area contributed by atoms with Crippen LogP contribution in [0.5, 0.6) is 0 Å². The van der Waals surface area contributed by atoms with Gasteiger partial charge in [-0.2, -0.15) is 0 Å². The Morgan fingerprint density at radius 2 is 0.800 bits per heavy atom. The average molecular weight is 82.3 g/mol. The van der Waals surface area contributed by atoms with Crippen LogP contribution in [0.2, 0.25) is 0 Å². The normalized spacial score (nSPS) is 1.60. The predicted molar refractivity (Wildman–Crippen MR) is 19.3 cm³/mol. The molecule has 0 rings (SSSR count). The van der Waals surface area contributed by atoms with Crippen molar-refractivity contribution in [3.63, 3.8) is 0 Å². The minimum atomic E-state index is 0. The van der Waals surface area contributed by atoms with Crippen LogP contribution in [-0.4, -0.2) is 36.6 Å². The molecular formula is C2H2MgO2. The van der Waals surface area contributed by atoms with Crippen molar-refractivity contribution in [1.29, 1.82) is 0 Å². The van der Waals surface area contributed by atoms with Crippen LogP contribution >= 0.6 is 0 Å². The fourth-order valence-corrected chi connectivity index (χ4v) is 0. The van der Waals surface area contributed by atoms with Gasteiger partial charge >= 0.3 is 23.1 Å². The molecule has 0 aliphatic rings. The first-order valence-corrected chi connectivity index (χ1v) is 0.471. The summed E-state index contributed by atoms with van der Waals surface area (Å²) in [4.78, 5) is 15.5. The molecule has 0 heterocycles. The van der Waals surface area contributed by atoms with Crippen LogP contribution in [0, 0.1) is 0 Å². The molecule has 0 N–H and O–H groups in total. The molecule has 0 atom stereocenters.